The lowest BCUT2D eigenvalue weighted by atomic mass is 9.94. The predicted molar refractivity (Wildman–Crippen MR) is 106 cm³/mol. The topological polar surface area (TPSA) is 70.7 Å². The first-order valence-corrected chi connectivity index (χ1v) is 10.0. The Kier molecular flexibility index (Phi) is 6.85. The standard InChI is InChI=1S/C21H31N3O3/c1-15-3-4-18(13-16(15)2)23-21(26)20(25)22-14-17-5-9-24(10-6-17)19-7-11-27-12-8-19/h3-4,13,17,19H,5-12,14H2,1-2H3,(H,22,25)(H,23,26). The third kappa shape index (κ3) is 5.53. The van der Waals surface area contributed by atoms with Gasteiger partial charge in [-0.1, -0.05) is 6.07 Å². The number of aryl methyl sites for hydroxylation is 2. The Morgan fingerprint density at radius 2 is 1.74 bits per heavy atom. The van der Waals surface area contributed by atoms with Gasteiger partial charge >= 0.3 is 11.8 Å². The van der Waals surface area contributed by atoms with Gasteiger partial charge in [-0.15, -0.1) is 0 Å². The maximum Gasteiger partial charge on any atom is 0.313 e. The quantitative estimate of drug-likeness (QED) is 0.794. The van der Waals surface area contributed by atoms with Gasteiger partial charge in [0.05, 0.1) is 0 Å². The zero-order valence-electron chi connectivity index (χ0n) is 16.4. The van der Waals surface area contributed by atoms with E-state index in [0.717, 1.165) is 63.1 Å². The Morgan fingerprint density at radius 1 is 1.04 bits per heavy atom. The van der Waals surface area contributed by atoms with Crippen molar-refractivity contribution in [3.8, 4) is 0 Å². The van der Waals surface area contributed by atoms with Crippen molar-refractivity contribution in [3.05, 3.63) is 29.3 Å². The molecule has 6 nitrogen and oxygen atoms in total. The van der Waals surface area contributed by atoms with Crippen LogP contribution in [0.2, 0.25) is 0 Å². The largest absolute Gasteiger partial charge is 0.381 e. The number of benzene rings is 1. The van der Waals surface area contributed by atoms with Gasteiger partial charge in [0.1, 0.15) is 0 Å². The van der Waals surface area contributed by atoms with Crippen molar-refractivity contribution in [2.45, 2.75) is 45.6 Å². The molecule has 0 aliphatic carbocycles. The molecule has 2 saturated heterocycles. The molecule has 3 rings (SSSR count). The Hall–Kier alpha value is -1.92. The molecule has 2 fully saturated rings. The van der Waals surface area contributed by atoms with Gasteiger partial charge in [-0.25, -0.2) is 0 Å². The van der Waals surface area contributed by atoms with Gasteiger partial charge in [0.2, 0.25) is 0 Å². The predicted octanol–water partition coefficient (Wildman–Crippen LogP) is 2.25. The van der Waals surface area contributed by atoms with E-state index in [-0.39, 0.29) is 0 Å². The molecule has 2 aliphatic rings. The van der Waals surface area contributed by atoms with Gasteiger partial charge in [-0.05, 0) is 81.8 Å². The van der Waals surface area contributed by atoms with Crippen molar-refractivity contribution in [2.75, 3.05) is 38.2 Å². The summed E-state index contributed by atoms with van der Waals surface area (Å²) in [4.78, 5) is 26.8. The van der Waals surface area contributed by atoms with E-state index < -0.39 is 11.8 Å². The molecule has 2 amide bonds. The molecule has 1 aromatic carbocycles. The van der Waals surface area contributed by atoms with Crippen molar-refractivity contribution in [2.24, 2.45) is 5.92 Å². The van der Waals surface area contributed by atoms with E-state index in [1.807, 2.05) is 32.0 Å². The molecule has 0 bridgehead atoms. The van der Waals surface area contributed by atoms with Crippen molar-refractivity contribution in [3.63, 3.8) is 0 Å². The average Bonchev–Trinajstić information content (AvgIpc) is 2.70. The highest BCUT2D eigenvalue weighted by Gasteiger charge is 2.27. The summed E-state index contributed by atoms with van der Waals surface area (Å²) in [6, 6.07) is 6.29. The molecule has 0 saturated carbocycles. The second kappa shape index (κ2) is 9.33. The van der Waals surface area contributed by atoms with Crippen LogP contribution in [0.4, 0.5) is 5.69 Å². The summed E-state index contributed by atoms with van der Waals surface area (Å²) in [6.07, 6.45) is 4.38. The number of hydrogen-bond donors (Lipinski definition) is 2. The highest BCUT2D eigenvalue weighted by molar-refractivity contribution is 6.39. The lowest BCUT2D eigenvalue weighted by molar-refractivity contribution is -0.136. The second-order valence-corrected chi connectivity index (χ2v) is 7.79. The van der Waals surface area contributed by atoms with Crippen molar-refractivity contribution < 1.29 is 14.3 Å². The molecule has 0 radical (unpaired) electrons. The van der Waals surface area contributed by atoms with Crippen LogP contribution in [0.15, 0.2) is 18.2 Å². The molecule has 2 N–H and O–H groups in total. The molecule has 1 aromatic rings. The van der Waals surface area contributed by atoms with Gasteiger partial charge in [-0.2, -0.15) is 0 Å². The first-order valence-electron chi connectivity index (χ1n) is 10.0. The van der Waals surface area contributed by atoms with Crippen molar-refractivity contribution in [1.29, 1.82) is 0 Å². The van der Waals surface area contributed by atoms with Crippen molar-refractivity contribution in [1.82, 2.24) is 10.2 Å². The summed E-state index contributed by atoms with van der Waals surface area (Å²) in [7, 11) is 0. The molecule has 0 aromatic heterocycles. The van der Waals surface area contributed by atoms with Crippen molar-refractivity contribution >= 4 is 17.5 Å². The van der Waals surface area contributed by atoms with Crippen LogP contribution in [0.1, 0.15) is 36.8 Å². The first kappa shape index (κ1) is 19.8. The summed E-state index contributed by atoms with van der Waals surface area (Å²) in [5.74, 6) is -0.711. The molecule has 2 heterocycles. The van der Waals surface area contributed by atoms with Crippen LogP contribution in [-0.2, 0) is 14.3 Å². The molecule has 148 valence electrons. The second-order valence-electron chi connectivity index (χ2n) is 7.79. The third-order valence-corrected chi connectivity index (χ3v) is 5.88. The van der Waals surface area contributed by atoms with E-state index in [1.54, 1.807) is 0 Å². The van der Waals surface area contributed by atoms with Gasteiger partial charge < -0.3 is 20.3 Å². The minimum Gasteiger partial charge on any atom is -0.381 e. The monoisotopic (exact) mass is 373 g/mol. The number of hydrogen-bond acceptors (Lipinski definition) is 4. The highest BCUT2D eigenvalue weighted by Crippen LogP contribution is 2.22. The summed E-state index contributed by atoms with van der Waals surface area (Å²) in [6.45, 7) is 8.45. The number of amides is 2. The number of carbonyl (C=O) groups excluding carboxylic acids is 2. The fourth-order valence-electron chi connectivity index (χ4n) is 3.90. The third-order valence-electron chi connectivity index (χ3n) is 5.88. The van der Waals surface area contributed by atoms with Gasteiger partial charge in [0.15, 0.2) is 0 Å². The molecule has 0 spiro atoms. The number of nitrogens with one attached hydrogen (secondary N) is 2. The average molecular weight is 373 g/mol. The molecule has 6 heteroatoms. The molecule has 2 aliphatic heterocycles. The van der Waals surface area contributed by atoms with Crippen LogP contribution in [0, 0.1) is 19.8 Å². The van der Waals surface area contributed by atoms with Crippen LogP contribution in [0.25, 0.3) is 0 Å². The van der Waals surface area contributed by atoms with Crippen LogP contribution in [0.5, 0.6) is 0 Å². The number of piperidine rings is 1. The van der Waals surface area contributed by atoms with E-state index in [4.69, 9.17) is 4.74 Å². The van der Waals surface area contributed by atoms with Crippen LogP contribution >= 0.6 is 0 Å². The smallest absolute Gasteiger partial charge is 0.313 e. The first-order chi connectivity index (χ1) is 13.0. The summed E-state index contributed by atoms with van der Waals surface area (Å²) >= 11 is 0. The molecule has 27 heavy (non-hydrogen) atoms. The fourth-order valence-corrected chi connectivity index (χ4v) is 3.90. The van der Waals surface area contributed by atoms with Crippen LogP contribution in [-0.4, -0.2) is 55.6 Å². The Bertz CT molecular complexity index is 663. The summed E-state index contributed by atoms with van der Waals surface area (Å²) < 4.78 is 5.44. The number of likely N-dealkylation sites (tertiary alicyclic amines) is 1. The van der Waals surface area contributed by atoms with E-state index in [0.29, 0.717) is 24.2 Å². The van der Waals surface area contributed by atoms with E-state index in [9.17, 15) is 9.59 Å². The van der Waals surface area contributed by atoms with E-state index in [1.165, 1.54) is 0 Å². The van der Waals surface area contributed by atoms with Crippen LogP contribution in [0.3, 0.4) is 0 Å². The Balaban J connectivity index is 1.38. The van der Waals surface area contributed by atoms with Gasteiger partial charge in [0, 0.05) is 31.5 Å². The fraction of sp³-hybridized carbons (Fsp3) is 0.619. The number of carbonyl (C=O) groups is 2. The Labute approximate surface area is 161 Å². The minimum absolute atomic E-state index is 0.444. The number of anilines is 1. The summed E-state index contributed by atoms with van der Waals surface area (Å²) in [5, 5.41) is 5.48. The normalized spacial score (nSPS) is 19.6. The lowest BCUT2D eigenvalue weighted by Crippen LogP contribution is -2.46. The zero-order chi connectivity index (χ0) is 19.2. The lowest BCUT2D eigenvalue weighted by Gasteiger charge is -2.39. The molecular weight excluding hydrogens is 342 g/mol. The zero-order valence-corrected chi connectivity index (χ0v) is 16.4. The van der Waals surface area contributed by atoms with E-state index >= 15 is 0 Å². The number of rotatable bonds is 4. The molecular formula is C21H31N3O3. The minimum atomic E-state index is -0.599. The SMILES string of the molecule is Cc1ccc(NC(=O)C(=O)NCC2CCN(C3CCOCC3)CC2)cc1C. The molecule has 0 atom stereocenters. The number of ether oxygens (including phenoxy) is 1. The van der Waals surface area contributed by atoms with Crippen LogP contribution < -0.4 is 10.6 Å². The highest BCUT2D eigenvalue weighted by atomic mass is 16.5. The van der Waals surface area contributed by atoms with Gasteiger partial charge in [-0.3, -0.25) is 9.59 Å². The maximum atomic E-state index is 12.1. The number of nitrogens with zero attached hydrogens (tertiary/aromatic N) is 1. The maximum absolute atomic E-state index is 12.1. The van der Waals surface area contributed by atoms with Gasteiger partial charge in [0.25, 0.3) is 0 Å². The molecule has 0 unspecified atom stereocenters. The Morgan fingerprint density at radius 3 is 2.41 bits per heavy atom. The van der Waals surface area contributed by atoms with E-state index in [2.05, 4.69) is 15.5 Å². The summed E-state index contributed by atoms with van der Waals surface area (Å²) in [5.41, 5.74) is 2.90.